The first kappa shape index (κ1) is 13.9. The number of alkyl halides is 1. The molecule has 1 unspecified atom stereocenters. The number of benzene rings is 1. The number of nitrogens with zero attached hydrogens (tertiary/aromatic N) is 3. The van der Waals surface area contributed by atoms with Crippen molar-refractivity contribution in [3.8, 4) is 5.75 Å². The molecular formula is C15H16ClN3O2. The maximum absolute atomic E-state index is 6.28. The van der Waals surface area contributed by atoms with Gasteiger partial charge in [0.05, 0.1) is 30.2 Å². The third-order valence-electron chi connectivity index (χ3n) is 3.23. The van der Waals surface area contributed by atoms with Crippen molar-refractivity contribution in [3.05, 3.63) is 42.0 Å². The highest BCUT2D eigenvalue weighted by molar-refractivity contribution is 6.20. The highest BCUT2D eigenvalue weighted by atomic mass is 35.5. The molecule has 0 aliphatic heterocycles. The first-order chi connectivity index (χ1) is 10.2. The molecule has 21 heavy (non-hydrogen) atoms. The van der Waals surface area contributed by atoms with Crippen LogP contribution >= 0.6 is 11.6 Å². The Morgan fingerprint density at radius 1 is 1.38 bits per heavy atom. The Balaban J connectivity index is 2.15. The molecule has 2 heterocycles. The highest BCUT2D eigenvalue weighted by Crippen LogP contribution is 2.30. The van der Waals surface area contributed by atoms with Gasteiger partial charge in [-0.2, -0.15) is 0 Å². The summed E-state index contributed by atoms with van der Waals surface area (Å²) in [5, 5.41) is 3.52. The lowest BCUT2D eigenvalue weighted by atomic mass is 10.3. The lowest BCUT2D eigenvalue weighted by Gasteiger charge is -2.08. The molecule has 0 bridgehead atoms. The van der Waals surface area contributed by atoms with Crippen LogP contribution < -0.4 is 4.74 Å². The molecule has 0 aliphatic carbocycles. The molecule has 3 rings (SSSR count). The summed E-state index contributed by atoms with van der Waals surface area (Å²) in [7, 11) is 0. The average Bonchev–Trinajstić information content (AvgIpc) is 3.09. The van der Waals surface area contributed by atoms with Gasteiger partial charge in [-0.1, -0.05) is 11.2 Å². The third kappa shape index (κ3) is 2.61. The van der Waals surface area contributed by atoms with Gasteiger partial charge in [-0.15, -0.1) is 11.6 Å². The summed E-state index contributed by atoms with van der Waals surface area (Å²) >= 11 is 6.28. The van der Waals surface area contributed by atoms with E-state index in [1.54, 1.807) is 6.20 Å². The van der Waals surface area contributed by atoms with Gasteiger partial charge in [-0.05, 0) is 26.0 Å². The fourth-order valence-corrected chi connectivity index (χ4v) is 2.53. The zero-order chi connectivity index (χ0) is 14.8. The van der Waals surface area contributed by atoms with Crippen LogP contribution in [-0.2, 0) is 6.54 Å². The Morgan fingerprint density at radius 3 is 2.90 bits per heavy atom. The number of halogens is 1. The predicted molar refractivity (Wildman–Crippen MR) is 80.8 cm³/mol. The quantitative estimate of drug-likeness (QED) is 0.673. The summed E-state index contributed by atoms with van der Waals surface area (Å²) in [6, 6.07) is 7.71. The van der Waals surface area contributed by atoms with Gasteiger partial charge in [0.2, 0.25) is 0 Å². The normalized spacial score (nSPS) is 12.7. The summed E-state index contributed by atoms with van der Waals surface area (Å²) in [4.78, 5) is 4.66. The van der Waals surface area contributed by atoms with Gasteiger partial charge >= 0.3 is 0 Å². The number of imidazole rings is 1. The van der Waals surface area contributed by atoms with E-state index in [-0.39, 0.29) is 5.38 Å². The van der Waals surface area contributed by atoms with Crippen molar-refractivity contribution in [1.82, 2.24) is 14.7 Å². The van der Waals surface area contributed by atoms with E-state index >= 15 is 0 Å². The van der Waals surface area contributed by atoms with Crippen LogP contribution in [0.4, 0.5) is 0 Å². The van der Waals surface area contributed by atoms with Gasteiger partial charge < -0.3 is 13.8 Å². The van der Waals surface area contributed by atoms with E-state index in [0.29, 0.717) is 13.2 Å². The van der Waals surface area contributed by atoms with Crippen molar-refractivity contribution in [1.29, 1.82) is 0 Å². The van der Waals surface area contributed by atoms with Gasteiger partial charge in [0.1, 0.15) is 17.1 Å². The topological polar surface area (TPSA) is 53.1 Å². The summed E-state index contributed by atoms with van der Waals surface area (Å²) in [5.41, 5.74) is 1.79. The zero-order valence-electron chi connectivity index (χ0n) is 11.9. The second-order valence-corrected chi connectivity index (χ2v) is 5.36. The largest absolute Gasteiger partial charge is 0.492 e. The minimum Gasteiger partial charge on any atom is -0.492 e. The fourth-order valence-electron chi connectivity index (χ4n) is 2.36. The van der Waals surface area contributed by atoms with Crippen LogP contribution in [0, 0.1) is 0 Å². The number of para-hydroxylation sites is 1. The Hall–Kier alpha value is -2.01. The van der Waals surface area contributed by atoms with Crippen molar-refractivity contribution < 1.29 is 9.26 Å². The van der Waals surface area contributed by atoms with E-state index in [0.717, 1.165) is 28.4 Å². The van der Waals surface area contributed by atoms with Crippen LogP contribution in [-0.4, -0.2) is 21.3 Å². The molecule has 0 radical (unpaired) electrons. The number of fused-ring (bicyclic) bond motifs is 1. The average molecular weight is 306 g/mol. The molecule has 0 amide bonds. The number of rotatable bonds is 5. The van der Waals surface area contributed by atoms with Gasteiger partial charge in [-0.25, -0.2) is 4.98 Å². The Morgan fingerprint density at radius 2 is 2.24 bits per heavy atom. The van der Waals surface area contributed by atoms with Crippen LogP contribution in [0.5, 0.6) is 5.75 Å². The van der Waals surface area contributed by atoms with E-state index in [2.05, 4.69) is 10.1 Å². The molecule has 1 aromatic carbocycles. The molecule has 2 aromatic heterocycles. The second kappa shape index (κ2) is 5.77. The fraction of sp³-hybridized carbons (Fsp3) is 0.333. The van der Waals surface area contributed by atoms with Gasteiger partial charge in [0.15, 0.2) is 5.76 Å². The van der Waals surface area contributed by atoms with Gasteiger partial charge in [-0.3, -0.25) is 0 Å². The molecule has 0 N–H and O–H groups in total. The summed E-state index contributed by atoms with van der Waals surface area (Å²) in [6.45, 7) is 4.99. The van der Waals surface area contributed by atoms with E-state index in [1.165, 1.54) is 0 Å². The monoisotopic (exact) mass is 305 g/mol. The lowest BCUT2D eigenvalue weighted by molar-refractivity contribution is 0.343. The first-order valence-corrected chi connectivity index (χ1v) is 7.30. The molecular weight excluding hydrogens is 290 g/mol. The summed E-state index contributed by atoms with van der Waals surface area (Å²) < 4.78 is 12.9. The van der Waals surface area contributed by atoms with E-state index in [4.69, 9.17) is 20.9 Å². The zero-order valence-corrected chi connectivity index (χ0v) is 12.7. The SMILES string of the molecule is CCOc1cccc2c1nc(C(C)Cl)n2Cc1ccno1. The molecule has 3 aromatic rings. The first-order valence-electron chi connectivity index (χ1n) is 6.86. The second-order valence-electron chi connectivity index (χ2n) is 4.71. The van der Waals surface area contributed by atoms with Gasteiger partial charge in [0.25, 0.3) is 0 Å². The molecule has 0 saturated carbocycles. The van der Waals surface area contributed by atoms with Crippen molar-refractivity contribution >= 4 is 22.6 Å². The molecule has 110 valence electrons. The van der Waals surface area contributed by atoms with Crippen LogP contribution in [0.2, 0.25) is 0 Å². The Kier molecular flexibility index (Phi) is 3.84. The molecule has 0 fully saturated rings. The maximum Gasteiger partial charge on any atom is 0.156 e. The van der Waals surface area contributed by atoms with Crippen LogP contribution in [0.1, 0.15) is 30.8 Å². The summed E-state index contributed by atoms with van der Waals surface area (Å²) in [6.07, 6.45) is 1.63. The minimum absolute atomic E-state index is 0.213. The smallest absolute Gasteiger partial charge is 0.156 e. The lowest BCUT2D eigenvalue weighted by Crippen LogP contribution is -2.05. The Labute approximate surface area is 127 Å². The number of aromatic nitrogens is 3. The van der Waals surface area contributed by atoms with Crippen molar-refractivity contribution in [2.75, 3.05) is 6.61 Å². The predicted octanol–water partition coefficient (Wildman–Crippen LogP) is 3.77. The molecule has 1 atom stereocenters. The highest BCUT2D eigenvalue weighted by Gasteiger charge is 2.18. The Bertz CT molecular complexity index is 735. The maximum atomic E-state index is 6.28. The van der Waals surface area contributed by atoms with E-state index in [1.807, 2.05) is 42.7 Å². The molecule has 5 nitrogen and oxygen atoms in total. The van der Waals surface area contributed by atoms with Gasteiger partial charge in [0, 0.05) is 6.07 Å². The van der Waals surface area contributed by atoms with Crippen molar-refractivity contribution in [2.45, 2.75) is 25.8 Å². The van der Waals surface area contributed by atoms with E-state index in [9.17, 15) is 0 Å². The molecule has 0 saturated heterocycles. The number of ether oxygens (including phenoxy) is 1. The van der Waals surface area contributed by atoms with Crippen LogP contribution in [0.25, 0.3) is 11.0 Å². The summed E-state index contributed by atoms with van der Waals surface area (Å²) in [5.74, 6) is 2.31. The molecule has 6 heteroatoms. The number of hydrogen-bond donors (Lipinski definition) is 0. The molecule has 0 spiro atoms. The number of hydrogen-bond acceptors (Lipinski definition) is 4. The van der Waals surface area contributed by atoms with Crippen LogP contribution in [0.15, 0.2) is 35.0 Å². The minimum atomic E-state index is -0.213. The third-order valence-corrected chi connectivity index (χ3v) is 3.43. The molecule has 0 aliphatic rings. The van der Waals surface area contributed by atoms with Crippen molar-refractivity contribution in [3.63, 3.8) is 0 Å². The van der Waals surface area contributed by atoms with E-state index < -0.39 is 0 Å². The van der Waals surface area contributed by atoms with Crippen molar-refractivity contribution in [2.24, 2.45) is 0 Å². The standard InChI is InChI=1S/C15H16ClN3O2/c1-3-20-13-6-4-5-12-14(13)18-15(10(2)16)19(12)9-11-7-8-17-21-11/h4-8,10H,3,9H2,1-2H3. The van der Waals surface area contributed by atoms with Crippen LogP contribution in [0.3, 0.4) is 0 Å².